The minimum absolute atomic E-state index is 0.180. The Morgan fingerprint density at radius 3 is 2.13 bits per heavy atom. The largest absolute Gasteiger partial charge is 0.275 e. The second kappa shape index (κ2) is 7.43. The molecular formula is C25H22N2O3. The zero-order valence-corrected chi connectivity index (χ0v) is 16.6. The lowest BCUT2D eigenvalue weighted by atomic mass is 9.88. The smallest absolute Gasteiger partial charge is 0.262 e. The summed E-state index contributed by atoms with van der Waals surface area (Å²) in [4.78, 5) is 34.2. The average Bonchev–Trinajstić information content (AvgIpc) is 3.27. The number of fused-ring (bicyclic) bond motifs is 1. The highest BCUT2D eigenvalue weighted by Crippen LogP contribution is 2.47. The van der Waals surface area contributed by atoms with E-state index in [1.807, 2.05) is 91.9 Å². The minimum Gasteiger partial charge on any atom is -0.275 e. The second-order valence-electron chi connectivity index (χ2n) is 7.76. The first kappa shape index (κ1) is 18.6. The zero-order chi connectivity index (χ0) is 20.7. The van der Waals surface area contributed by atoms with Crippen LogP contribution in [0.2, 0.25) is 0 Å². The molecular weight excluding hydrogens is 376 g/mol. The van der Waals surface area contributed by atoms with Crippen LogP contribution in [0.5, 0.6) is 0 Å². The Kier molecular flexibility index (Phi) is 4.60. The van der Waals surface area contributed by atoms with Crippen LogP contribution >= 0.6 is 0 Å². The Morgan fingerprint density at radius 1 is 0.800 bits per heavy atom. The highest BCUT2D eigenvalue weighted by atomic mass is 16.7. The minimum atomic E-state index is -0.814. The summed E-state index contributed by atoms with van der Waals surface area (Å²) in [6.07, 6.45) is -0.814. The Bertz CT molecular complexity index is 1080. The molecule has 5 nitrogen and oxygen atoms in total. The number of imide groups is 1. The van der Waals surface area contributed by atoms with Crippen molar-refractivity contribution >= 4 is 17.5 Å². The van der Waals surface area contributed by atoms with Crippen LogP contribution < -0.4 is 5.06 Å². The topological polar surface area (TPSA) is 49.9 Å². The van der Waals surface area contributed by atoms with Gasteiger partial charge in [0.05, 0.1) is 18.3 Å². The van der Waals surface area contributed by atoms with Crippen LogP contribution in [0.1, 0.15) is 22.7 Å². The number of rotatable bonds is 4. The molecule has 0 spiro atoms. The van der Waals surface area contributed by atoms with E-state index in [-0.39, 0.29) is 24.4 Å². The number of nitrogens with zero attached hydrogens (tertiary/aromatic N) is 2. The lowest BCUT2D eigenvalue weighted by Crippen LogP contribution is -2.37. The molecule has 3 atom stereocenters. The maximum atomic E-state index is 13.5. The molecule has 0 N–H and O–H groups in total. The van der Waals surface area contributed by atoms with Gasteiger partial charge in [-0.25, -0.2) is 5.06 Å². The number of anilines is 1. The molecule has 30 heavy (non-hydrogen) atoms. The van der Waals surface area contributed by atoms with E-state index < -0.39 is 12.0 Å². The third-order valence-corrected chi connectivity index (χ3v) is 5.91. The summed E-state index contributed by atoms with van der Waals surface area (Å²) >= 11 is 0. The maximum absolute atomic E-state index is 13.5. The van der Waals surface area contributed by atoms with Crippen molar-refractivity contribution in [3.8, 4) is 0 Å². The van der Waals surface area contributed by atoms with Gasteiger partial charge in [0.2, 0.25) is 5.91 Å². The van der Waals surface area contributed by atoms with Crippen LogP contribution in [-0.4, -0.2) is 22.8 Å². The predicted octanol–water partition coefficient (Wildman–Crippen LogP) is 4.04. The first-order valence-electron chi connectivity index (χ1n) is 10.1. The first-order chi connectivity index (χ1) is 14.6. The molecule has 0 aliphatic carbocycles. The second-order valence-corrected chi connectivity index (χ2v) is 7.76. The van der Waals surface area contributed by atoms with Gasteiger partial charge < -0.3 is 0 Å². The lowest BCUT2D eigenvalue weighted by molar-refractivity contribution is -0.143. The summed E-state index contributed by atoms with van der Waals surface area (Å²) in [5.74, 6) is -1.03. The lowest BCUT2D eigenvalue weighted by Gasteiger charge is -2.29. The predicted molar refractivity (Wildman–Crippen MR) is 113 cm³/mol. The fourth-order valence-corrected chi connectivity index (χ4v) is 4.43. The molecule has 5 rings (SSSR count). The van der Waals surface area contributed by atoms with E-state index in [9.17, 15) is 9.59 Å². The fraction of sp³-hybridized carbons (Fsp3) is 0.200. The molecule has 3 aromatic rings. The number of hydroxylamine groups is 1. The average molecular weight is 398 g/mol. The normalized spacial score (nSPS) is 23.2. The Labute approximate surface area is 175 Å². The van der Waals surface area contributed by atoms with Crippen LogP contribution in [-0.2, 0) is 21.0 Å². The number of hydrogen-bond acceptors (Lipinski definition) is 4. The van der Waals surface area contributed by atoms with Crippen molar-refractivity contribution in [3.63, 3.8) is 0 Å². The van der Waals surface area contributed by atoms with Gasteiger partial charge in [0, 0.05) is 0 Å². The maximum Gasteiger partial charge on any atom is 0.262 e. The molecule has 2 fully saturated rings. The molecule has 2 heterocycles. The number of hydrogen-bond donors (Lipinski definition) is 0. The molecule has 0 radical (unpaired) electrons. The summed E-state index contributed by atoms with van der Waals surface area (Å²) in [7, 11) is 0. The fourth-order valence-electron chi connectivity index (χ4n) is 4.43. The van der Waals surface area contributed by atoms with Gasteiger partial charge in [0.15, 0.2) is 6.10 Å². The highest BCUT2D eigenvalue weighted by molar-refractivity contribution is 6.07. The highest BCUT2D eigenvalue weighted by Gasteiger charge is 2.59. The van der Waals surface area contributed by atoms with Gasteiger partial charge in [-0.2, -0.15) is 0 Å². The van der Waals surface area contributed by atoms with Crippen molar-refractivity contribution in [1.29, 1.82) is 0 Å². The summed E-state index contributed by atoms with van der Waals surface area (Å²) in [6.45, 7) is 2.29. The van der Waals surface area contributed by atoms with E-state index in [0.29, 0.717) is 0 Å². The molecule has 0 bridgehead atoms. The van der Waals surface area contributed by atoms with E-state index in [1.54, 1.807) is 5.06 Å². The van der Waals surface area contributed by atoms with E-state index in [2.05, 4.69) is 0 Å². The molecule has 0 aromatic heterocycles. The molecule has 2 aliphatic rings. The molecule has 3 aromatic carbocycles. The van der Waals surface area contributed by atoms with Gasteiger partial charge in [0.25, 0.3) is 5.91 Å². The van der Waals surface area contributed by atoms with Crippen LogP contribution in [0.4, 0.5) is 5.69 Å². The van der Waals surface area contributed by atoms with Crippen molar-refractivity contribution in [2.45, 2.75) is 25.6 Å². The van der Waals surface area contributed by atoms with Gasteiger partial charge in [-0.05, 0) is 35.7 Å². The number of likely N-dealkylation sites (tertiary alicyclic amines) is 1. The van der Waals surface area contributed by atoms with E-state index in [4.69, 9.17) is 4.84 Å². The van der Waals surface area contributed by atoms with Crippen LogP contribution in [0.3, 0.4) is 0 Å². The van der Waals surface area contributed by atoms with Gasteiger partial charge in [-0.15, -0.1) is 0 Å². The summed E-state index contributed by atoms with van der Waals surface area (Å²) in [5.41, 5.74) is 3.81. The number of aryl methyl sites for hydroxylation is 1. The van der Waals surface area contributed by atoms with Crippen LogP contribution in [0, 0.1) is 12.8 Å². The molecule has 2 aliphatic heterocycles. The first-order valence-corrected chi connectivity index (χ1v) is 10.1. The summed E-state index contributed by atoms with van der Waals surface area (Å²) < 4.78 is 0. The Hall–Kier alpha value is -3.44. The Balaban J connectivity index is 1.54. The quantitative estimate of drug-likeness (QED) is 0.623. The van der Waals surface area contributed by atoms with Crippen molar-refractivity contribution < 1.29 is 14.4 Å². The molecule has 2 saturated heterocycles. The zero-order valence-electron chi connectivity index (χ0n) is 16.6. The van der Waals surface area contributed by atoms with Crippen LogP contribution in [0.25, 0.3) is 0 Å². The summed E-state index contributed by atoms with van der Waals surface area (Å²) in [5, 5.41) is 1.74. The molecule has 2 amide bonds. The number of para-hydroxylation sites is 1. The number of carbonyl (C=O) groups excluding carboxylic acids is 2. The van der Waals surface area contributed by atoms with E-state index in [1.165, 1.54) is 4.90 Å². The van der Waals surface area contributed by atoms with E-state index in [0.717, 1.165) is 22.4 Å². The third kappa shape index (κ3) is 2.99. The number of benzene rings is 3. The van der Waals surface area contributed by atoms with Gasteiger partial charge in [-0.1, -0.05) is 72.8 Å². The van der Waals surface area contributed by atoms with Crippen molar-refractivity contribution in [1.82, 2.24) is 4.90 Å². The van der Waals surface area contributed by atoms with Crippen LogP contribution in [0.15, 0.2) is 84.9 Å². The van der Waals surface area contributed by atoms with Gasteiger partial charge in [0.1, 0.15) is 5.92 Å². The third-order valence-electron chi connectivity index (χ3n) is 5.91. The number of carbonyl (C=O) groups is 2. The SMILES string of the molecule is Cc1ccccc1[C@@H]1[C@@H]2C(=O)N(Cc3ccccc3)C(=O)[C@H]2ON1c1ccccc1. The number of amides is 2. The molecule has 0 unspecified atom stereocenters. The molecule has 5 heteroatoms. The van der Waals surface area contributed by atoms with Crippen molar-refractivity contribution in [2.24, 2.45) is 5.92 Å². The molecule has 0 saturated carbocycles. The molecule has 150 valence electrons. The Morgan fingerprint density at radius 2 is 1.43 bits per heavy atom. The van der Waals surface area contributed by atoms with E-state index >= 15 is 0 Å². The summed E-state index contributed by atoms with van der Waals surface area (Å²) in [6, 6.07) is 26.8. The van der Waals surface area contributed by atoms with Crippen molar-refractivity contribution in [2.75, 3.05) is 5.06 Å². The van der Waals surface area contributed by atoms with Gasteiger partial charge in [-0.3, -0.25) is 19.3 Å². The standard InChI is InChI=1S/C25H22N2O3/c1-17-10-8-9-15-20(17)22-21-23(30-27(22)19-13-6-3-7-14-19)25(29)26(24(21)28)16-18-11-4-2-5-12-18/h2-15,21-23H,16H2,1H3/t21-,22+,23-/m0/s1. The van der Waals surface area contributed by atoms with Crippen molar-refractivity contribution in [3.05, 3.63) is 102 Å². The monoisotopic (exact) mass is 398 g/mol. The van der Waals surface area contributed by atoms with Gasteiger partial charge >= 0.3 is 0 Å².